The lowest BCUT2D eigenvalue weighted by atomic mass is 10.1. The number of nitriles is 1. The zero-order valence-corrected chi connectivity index (χ0v) is 8.88. The van der Waals surface area contributed by atoms with Crippen LogP contribution in [0.2, 0.25) is 0 Å². The van der Waals surface area contributed by atoms with Crippen LogP contribution in [-0.4, -0.2) is 5.78 Å². The van der Waals surface area contributed by atoms with Crippen molar-refractivity contribution in [3.63, 3.8) is 0 Å². The van der Waals surface area contributed by atoms with Gasteiger partial charge in [-0.25, -0.2) is 0 Å². The van der Waals surface area contributed by atoms with Gasteiger partial charge in [-0.3, -0.25) is 4.79 Å². The maximum atomic E-state index is 11.7. The molecule has 0 amide bonds. The number of thiophene rings is 1. The maximum absolute atomic E-state index is 11.7. The Kier molecular flexibility index (Phi) is 2.79. The van der Waals surface area contributed by atoms with E-state index in [1.165, 1.54) is 0 Å². The first-order valence-electron chi connectivity index (χ1n) is 4.69. The zero-order valence-electron chi connectivity index (χ0n) is 8.06. The Bertz CT molecular complexity index is 536. The van der Waals surface area contributed by atoms with Crippen LogP contribution in [0.3, 0.4) is 0 Å². The molecule has 0 saturated heterocycles. The fraction of sp³-hybridized carbons (Fsp3) is 0.167. The first-order chi connectivity index (χ1) is 7.33. The lowest BCUT2D eigenvalue weighted by Crippen LogP contribution is -1.96. The van der Waals surface area contributed by atoms with Crippen molar-refractivity contribution in [2.45, 2.75) is 12.8 Å². The van der Waals surface area contributed by atoms with Gasteiger partial charge >= 0.3 is 0 Å². The number of fused-ring (bicyclic) bond motifs is 1. The van der Waals surface area contributed by atoms with Gasteiger partial charge in [0.2, 0.25) is 0 Å². The van der Waals surface area contributed by atoms with Crippen LogP contribution in [0.4, 0.5) is 0 Å². The summed E-state index contributed by atoms with van der Waals surface area (Å²) in [7, 11) is 0. The lowest BCUT2D eigenvalue weighted by Gasteiger charge is -1.95. The third-order valence-electron chi connectivity index (χ3n) is 2.25. The van der Waals surface area contributed by atoms with E-state index in [2.05, 4.69) is 0 Å². The second kappa shape index (κ2) is 4.24. The van der Waals surface area contributed by atoms with Crippen LogP contribution in [0.15, 0.2) is 29.6 Å². The third kappa shape index (κ3) is 1.90. The van der Waals surface area contributed by atoms with Crippen LogP contribution in [0.25, 0.3) is 10.1 Å². The van der Waals surface area contributed by atoms with E-state index < -0.39 is 0 Å². The Morgan fingerprint density at radius 3 is 3.00 bits per heavy atom. The highest BCUT2D eigenvalue weighted by molar-refractivity contribution is 7.17. The summed E-state index contributed by atoms with van der Waals surface area (Å²) in [6.45, 7) is 0. The molecule has 0 atom stereocenters. The van der Waals surface area contributed by atoms with Crippen LogP contribution in [0.5, 0.6) is 0 Å². The number of hydrogen-bond donors (Lipinski definition) is 0. The number of carbonyl (C=O) groups excluding carboxylic acids is 1. The Morgan fingerprint density at radius 2 is 2.20 bits per heavy atom. The lowest BCUT2D eigenvalue weighted by molar-refractivity contribution is 0.0986. The second-order valence-electron chi connectivity index (χ2n) is 3.23. The van der Waals surface area contributed by atoms with Crippen LogP contribution in [-0.2, 0) is 0 Å². The molecule has 74 valence electrons. The largest absolute Gasteiger partial charge is 0.294 e. The predicted molar refractivity (Wildman–Crippen MR) is 61.0 cm³/mol. The molecule has 3 heteroatoms. The van der Waals surface area contributed by atoms with E-state index in [1.54, 1.807) is 11.3 Å². The predicted octanol–water partition coefficient (Wildman–Crippen LogP) is 3.39. The minimum atomic E-state index is 0.0639. The number of nitrogens with zero attached hydrogens (tertiary/aromatic N) is 1. The Hall–Kier alpha value is -1.66. The fourth-order valence-electron chi connectivity index (χ4n) is 1.50. The molecule has 0 aliphatic carbocycles. The van der Waals surface area contributed by atoms with Gasteiger partial charge in [0, 0.05) is 33.9 Å². The molecule has 2 aromatic rings. The quantitative estimate of drug-likeness (QED) is 0.736. The molecule has 1 heterocycles. The number of ketones is 1. The summed E-state index contributed by atoms with van der Waals surface area (Å²) >= 11 is 1.57. The number of rotatable bonds is 3. The molecule has 0 aliphatic rings. The summed E-state index contributed by atoms with van der Waals surface area (Å²) in [5.41, 5.74) is 0.755. The van der Waals surface area contributed by atoms with E-state index in [0.717, 1.165) is 15.6 Å². The highest BCUT2D eigenvalue weighted by Gasteiger charge is 2.10. The van der Waals surface area contributed by atoms with Gasteiger partial charge in [0.05, 0.1) is 6.07 Å². The SMILES string of the molecule is N#CCCC(=O)c1csc2ccccc12. The average molecular weight is 215 g/mol. The third-order valence-corrected chi connectivity index (χ3v) is 3.21. The van der Waals surface area contributed by atoms with Crippen molar-refractivity contribution in [2.24, 2.45) is 0 Å². The van der Waals surface area contributed by atoms with Crippen molar-refractivity contribution in [3.8, 4) is 6.07 Å². The summed E-state index contributed by atoms with van der Waals surface area (Å²) in [5, 5.41) is 11.3. The molecular formula is C12H9NOS. The topological polar surface area (TPSA) is 40.9 Å². The molecule has 0 bridgehead atoms. The van der Waals surface area contributed by atoms with Gasteiger partial charge in [-0.15, -0.1) is 11.3 Å². The van der Waals surface area contributed by atoms with E-state index in [1.807, 2.05) is 35.7 Å². The first-order valence-corrected chi connectivity index (χ1v) is 5.57. The average Bonchev–Trinajstić information content (AvgIpc) is 2.69. The van der Waals surface area contributed by atoms with Crippen molar-refractivity contribution >= 4 is 27.2 Å². The molecule has 2 nitrogen and oxygen atoms in total. The molecule has 2 rings (SSSR count). The number of carbonyl (C=O) groups is 1. The standard InChI is InChI=1S/C12H9NOS/c13-7-3-5-11(14)10-8-15-12-6-2-1-4-9(10)12/h1-2,4,6,8H,3,5H2. The van der Waals surface area contributed by atoms with Gasteiger partial charge < -0.3 is 0 Å². The summed E-state index contributed by atoms with van der Waals surface area (Å²) in [4.78, 5) is 11.7. The summed E-state index contributed by atoms with van der Waals surface area (Å²) in [6.07, 6.45) is 0.611. The molecule has 0 unspecified atom stereocenters. The normalized spacial score (nSPS) is 10.1. The number of hydrogen-bond acceptors (Lipinski definition) is 3. The Balaban J connectivity index is 2.36. The molecule has 0 saturated carbocycles. The Morgan fingerprint density at radius 1 is 1.40 bits per heavy atom. The minimum Gasteiger partial charge on any atom is -0.294 e. The van der Waals surface area contributed by atoms with E-state index in [0.29, 0.717) is 12.8 Å². The summed E-state index contributed by atoms with van der Waals surface area (Å²) in [6, 6.07) is 9.83. The van der Waals surface area contributed by atoms with Gasteiger partial charge in [0.15, 0.2) is 5.78 Å². The van der Waals surface area contributed by atoms with Crippen LogP contribution in [0.1, 0.15) is 23.2 Å². The second-order valence-corrected chi connectivity index (χ2v) is 4.14. The van der Waals surface area contributed by atoms with Gasteiger partial charge in [0.25, 0.3) is 0 Å². The van der Waals surface area contributed by atoms with E-state index in [4.69, 9.17) is 5.26 Å². The molecule has 0 fully saturated rings. The fourth-order valence-corrected chi connectivity index (χ4v) is 2.46. The monoisotopic (exact) mass is 215 g/mol. The van der Waals surface area contributed by atoms with Gasteiger partial charge in [-0.05, 0) is 6.07 Å². The van der Waals surface area contributed by atoms with Crippen molar-refractivity contribution < 1.29 is 4.79 Å². The summed E-state index contributed by atoms with van der Waals surface area (Å²) < 4.78 is 1.12. The molecule has 0 radical (unpaired) electrons. The molecule has 0 N–H and O–H groups in total. The Labute approximate surface area is 91.8 Å². The molecule has 1 aromatic carbocycles. The molecular weight excluding hydrogens is 206 g/mol. The summed E-state index contributed by atoms with van der Waals surface area (Å²) in [5.74, 6) is 0.0639. The van der Waals surface area contributed by atoms with Gasteiger partial charge in [-0.1, -0.05) is 18.2 Å². The van der Waals surface area contributed by atoms with Crippen LogP contribution in [0, 0.1) is 11.3 Å². The van der Waals surface area contributed by atoms with E-state index >= 15 is 0 Å². The van der Waals surface area contributed by atoms with Crippen LogP contribution >= 0.6 is 11.3 Å². The number of Topliss-reactive ketones (excluding diaryl/α,β-unsaturated/α-hetero) is 1. The van der Waals surface area contributed by atoms with Crippen molar-refractivity contribution in [2.75, 3.05) is 0 Å². The van der Waals surface area contributed by atoms with Gasteiger partial charge in [0.1, 0.15) is 0 Å². The molecule has 15 heavy (non-hydrogen) atoms. The van der Waals surface area contributed by atoms with Gasteiger partial charge in [-0.2, -0.15) is 5.26 Å². The highest BCUT2D eigenvalue weighted by Crippen LogP contribution is 2.26. The van der Waals surface area contributed by atoms with E-state index in [9.17, 15) is 4.79 Å². The minimum absolute atomic E-state index is 0.0639. The molecule has 0 aliphatic heterocycles. The van der Waals surface area contributed by atoms with Crippen LogP contribution < -0.4 is 0 Å². The van der Waals surface area contributed by atoms with E-state index in [-0.39, 0.29) is 5.78 Å². The zero-order chi connectivity index (χ0) is 10.7. The van der Waals surface area contributed by atoms with Crippen molar-refractivity contribution in [1.29, 1.82) is 5.26 Å². The smallest absolute Gasteiger partial charge is 0.165 e. The van der Waals surface area contributed by atoms with Crippen molar-refractivity contribution in [3.05, 3.63) is 35.2 Å². The molecule has 1 aromatic heterocycles. The molecule has 0 spiro atoms. The number of benzene rings is 1. The maximum Gasteiger partial charge on any atom is 0.165 e. The van der Waals surface area contributed by atoms with Crippen molar-refractivity contribution in [1.82, 2.24) is 0 Å². The first kappa shape index (κ1) is 9.88. The highest BCUT2D eigenvalue weighted by atomic mass is 32.1.